The summed E-state index contributed by atoms with van der Waals surface area (Å²) in [4.78, 5) is 27.9. The zero-order valence-electron chi connectivity index (χ0n) is 17.5. The number of aliphatic hydroxyl groups excluding tert-OH is 1. The molecule has 1 N–H and O–H groups in total. The number of amides is 1. The Morgan fingerprint density at radius 2 is 1.82 bits per heavy atom. The number of halogens is 1. The van der Waals surface area contributed by atoms with Gasteiger partial charge in [0.2, 0.25) is 0 Å². The molecule has 3 aromatic carbocycles. The molecule has 4 aromatic rings. The number of Topliss-reactive ketones (excluding diaryl/α,β-unsaturated/α-hetero) is 1. The van der Waals surface area contributed by atoms with Crippen LogP contribution in [0.2, 0.25) is 5.02 Å². The van der Waals surface area contributed by atoms with Gasteiger partial charge >= 0.3 is 0 Å². The maximum Gasteiger partial charge on any atom is 0.300 e. The number of ether oxygens (including phenoxy) is 1. The highest BCUT2D eigenvalue weighted by atomic mass is 35.5. The van der Waals surface area contributed by atoms with Gasteiger partial charge in [-0.15, -0.1) is 0 Å². The molecule has 6 nitrogen and oxygen atoms in total. The van der Waals surface area contributed by atoms with Crippen LogP contribution in [-0.4, -0.2) is 23.9 Å². The first kappa shape index (κ1) is 20.8. The number of ketones is 1. The third-order valence-electron chi connectivity index (χ3n) is 5.71. The number of fused-ring (bicyclic) bond motifs is 1. The smallest absolute Gasteiger partial charge is 0.300 e. The van der Waals surface area contributed by atoms with Crippen LogP contribution in [0.3, 0.4) is 0 Å². The zero-order chi connectivity index (χ0) is 23.1. The maximum absolute atomic E-state index is 13.3. The van der Waals surface area contributed by atoms with Gasteiger partial charge in [-0.25, -0.2) is 0 Å². The highest BCUT2D eigenvalue weighted by Gasteiger charge is 2.48. The van der Waals surface area contributed by atoms with Crippen molar-refractivity contribution in [3.05, 3.63) is 101 Å². The zero-order valence-corrected chi connectivity index (χ0v) is 18.2. The molecule has 7 heteroatoms. The Hall–Kier alpha value is -4.03. The van der Waals surface area contributed by atoms with Crippen molar-refractivity contribution in [1.82, 2.24) is 0 Å². The number of carbonyl (C=O) groups excluding carboxylic acids is 2. The lowest BCUT2D eigenvalue weighted by molar-refractivity contribution is -0.132. The summed E-state index contributed by atoms with van der Waals surface area (Å²) in [6.07, 6.45) is 1.46. The van der Waals surface area contributed by atoms with E-state index in [1.54, 1.807) is 30.3 Å². The average Bonchev–Trinajstić information content (AvgIpc) is 3.45. The topological polar surface area (TPSA) is 80.0 Å². The molecule has 1 saturated heterocycles. The van der Waals surface area contributed by atoms with E-state index in [0.29, 0.717) is 17.2 Å². The molecular weight excluding hydrogens is 442 g/mol. The summed E-state index contributed by atoms with van der Waals surface area (Å²) in [6.45, 7) is 0. The van der Waals surface area contributed by atoms with Crippen LogP contribution in [0.1, 0.15) is 17.4 Å². The minimum Gasteiger partial charge on any atom is -0.507 e. The lowest BCUT2D eigenvalue weighted by Gasteiger charge is -2.24. The molecule has 1 aliphatic rings. The van der Waals surface area contributed by atoms with Gasteiger partial charge in [0.25, 0.3) is 11.7 Å². The molecule has 1 aliphatic heterocycles. The standard InChI is InChI=1S/C26H18ClNO5/c1-32-20-12-11-16(14-18(20)27)24(29)22-23(21-10-5-13-33-21)28(26(31)25(22)30)19-9-4-7-15-6-2-3-8-17(15)19/h2-14,23,29H,1H3/b24-22-. The Bertz CT molecular complexity index is 1420. The van der Waals surface area contributed by atoms with E-state index in [0.717, 1.165) is 10.8 Å². The highest BCUT2D eigenvalue weighted by Crippen LogP contribution is 2.44. The Morgan fingerprint density at radius 3 is 2.55 bits per heavy atom. The molecule has 0 saturated carbocycles. The van der Waals surface area contributed by atoms with Crippen molar-refractivity contribution in [2.45, 2.75) is 6.04 Å². The van der Waals surface area contributed by atoms with Crippen LogP contribution < -0.4 is 9.64 Å². The molecule has 5 rings (SSSR count). The fourth-order valence-corrected chi connectivity index (χ4v) is 4.44. The molecule has 33 heavy (non-hydrogen) atoms. The van der Waals surface area contributed by atoms with Crippen molar-refractivity contribution in [3.63, 3.8) is 0 Å². The van der Waals surface area contributed by atoms with Gasteiger partial charge in [-0.2, -0.15) is 0 Å². The quantitative estimate of drug-likeness (QED) is 0.240. The molecular formula is C26H18ClNO5. The molecule has 2 heterocycles. The number of anilines is 1. The number of carbonyl (C=O) groups is 2. The van der Waals surface area contributed by atoms with Gasteiger partial charge in [0.15, 0.2) is 0 Å². The third kappa shape index (κ3) is 3.36. The van der Waals surface area contributed by atoms with Crippen LogP contribution in [0.25, 0.3) is 16.5 Å². The summed E-state index contributed by atoms with van der Waals surface area (Å²) in [5.41, 5.74) is 0.751. The van der Waals surface area contributed by atoms with Gasteiger partial charge in [0.1, 0.15) is 23.3 Å². The van der Waals surface area contributed by atoms with Crippen molar-refractivity contribution in [3.8, 4) is 5.75 Å². The number of aliphatic hydroxyl groups is 1. The summed E-state index contributed by atoms with van der Waals surface area (Å²) in [6, 6.07) is 20.1. The second-order valence-corrected chi connectivity index (χ2v) is 7.94. The highest BCUT2D eigenvalue weighted by molar-refractivity contribution is 6.52. The van der Waals surface area contributed by atoms with Gasteiger partial charge in [-0.1, -0.05) is 48.0 Å². The normalized spacial score (nSPS) is 17.6. The monoisotopic (exact) mass is 459 g/mol. The van der Waals surface area contributed by atoms with E-state index in [1.165, 1.54) is 24.3 Å². The van der Waals surface area contributed by atoms with Crippen molar-refractivity contribution in [1.29, 1.82) is 0 Å². The SMILES string of the molecule is COc1ccc(/C(O)=C2/C(=O)C(=O)N(c3cccc4ccccc34)C2c2ccco2)cc1Cl. The first-order valence-corrected chi connectivity index (χ1v) is 10.5. The molecule has 1 aromatic heterocycles. The van der Waals surface area contributed by atoms with Gasteiger partial charge in [-0.3, -0.25) is 14.5 Å². The van der Waals surface area contributed by atoms with E-state index < -0.39 is 17.7 Å². The van der Waals surface area contributed by atoms with Gasteiger partial charge < -0.3 is 14.3 Å². The molecule has 0 aliphatic carbocycles. The van der Waals surface area contributed by atoms with E-state index in [4.69, 9.17) is 20.8 Å². The molecule has 0 bridgehead atoms. The van der Waals surface area contributed by atoms with Crippen LogP contribution in [0.4, 0.5) is 5.69 Å². The van der Waals surface area contributed by atoms with Crippen molar-refractivity contribution in [2.75, 3.05) is 12.0 Å². The van der Waals surface area contributed by atoms with E-state index in [-0.39, 0.29) is 21.9 Å². The Labute approximate surface area is 194 Å². The predicted molar refractivity (Wildman–Crippen MR) is 125 cm³/mol. The van der Waals surface area contributed by atoms with Crippen LogP contribution in [0, 0.1) is 0 Å². The lowest BCUT2D eigenvalue weighted by atomic mass is 9.98. The Morgan fingerprint density at radius 1 is 1.03 bits per heavy atom. The molecule has 0 radical (unpaired) electrons. The predicted octanol–water partition coefficient (Wildman–Crippen LogP) is 5.72. The largest absolute Gasteiger partial charge is 0.507 e. The molecule has 1 unspecified atom stereocenters. The summed E-state index contributed by atoms with van der Waals surface area (Å²) in [7, 11) is 1.48. The maximum atomic E-state index is 13.3. The minimum absolute atomic E-state index is 0.0795. The van der Waals surface area contributed by atoms with Crippen LogP contribution >= 0.6 is 11.6 Å². The van der Waals surface area contributed by atoms with Crippen LogP contribution in [-0.2, 0) is 9.59 Å². The van der Waals surface area contributed by atoms with Crippen LogP contribution in [0.15, 0.2) is 89.0 Å². The Balaban J connectivity index is 1.74. The number of nitrogens with zero attached hydrogens (tertiary/aromatic N) is 1. The van der Waals surface area contributed by atoms with E-state index in [2.05, 4.69) is 0 Å². The van der Waals surface area contributed by atoms with E-state index >= 15 is 0 Å². The molecule has 1 fully saturated rings. The van der Waals surface area contributed by atoms with Gasteiger partial charge in [-0.05, 0) is 41.8 Å². The van der Waals surface area contributed by atoms with Gasteiger partial charge in [0, 0.05) is 10.9 Å². The molecule has 1 amide bonds. The van der Waals surface area contributed by atoms with E-state index in [1.807, 2.05) is 36.4 Å². The minimum atomic E-state index is -0.952. The number of hydrogen-bond acceptors (Lipinski definition) is 5. The van der Waals surface area contributed by atoms with Crippen molar-refractivity contribution < 1.29 is 23.8 Å². The lowest BCUT2D eigenvalue weighted by Crippen LogP contribution is -2.29. The Kier molecular flexibility index (Phi) is 5.15. The molecule has 1 atom stereocenters. The summed E-state index contributed by atoms with van der Waals surface area (Å²) in [5, 5.41) is 13.2. The van der Waals surface area contributed by atoms with Crippen molar-refractivity contribution >= 4 is 45.5 Å². The second kappa shape index (κ2) is 8.15. The first-order valence-electron chi connectivity index (χ1n) is 10.2. The number of hydrogen-bond donors (Lipinski definition) is 1. The summed E-state index contributed by atoms with van der Waals surface area (Å²) in [5.74, 6) is -1.14. The fraction of sp³-hybridized carbons (Fsp3) is 0.0769. The van der Waals surface area contributed by atoms with Gasteiger partial charge in [0.05, 0.1) is 29.7 Å². The third-order valence-corrected chi connectivity index (χ3v) is 6.00. The number of furan rings is 1. The first-order chi connectivity index (χ1) is 16.0. The second-order valence-electron chi connectivity index (χ2n) is 7.53. The van der Waals surface area contributed by atoms with E-state index in [9.17, 15) is 14.7 Å². The fourth-order valence-electron chi connectivity index (χ4n) is 4.18. The summed E-state index contributed by atoms with van der Waals surface area (Å²) >= 11 is 6.23. The van der Waals surface area contributed by atoms with Crippen molar-refractivity contribution in [2.24, 2.45) is 0 Å². The summed E-state index contributed by atoms with van der Waals surface area (Å²) < 4.78 is 10.8. The number of benzene rings is 3. The number of methoxy groups -OCH3 is 1. The molecule has 164 valence electrons. The molecule has 0 spiro atoms. The number of rotatable bonds is 4. The average molecular weight is 460 g/mol. The van der Waals surface area contributed by atoms with Crippen LogP contribution in [0.5, 0.6) is 5.75 Å².